The molecule has 0 atom stereocenters. The molecule has 2 aromatic carbocycles. The third-order valence-corrected chi connectivity index (χ3v) is 4.02. The van der Waals surface area contributed by atoms with Crippen LogP contribution in [0.2, 0.25) is 0 Å². The normalized spacial score (nSPS) is 10.6. The Hall–Kier alpha value is -1.82. The minimum absolute atomic E-state index is 1.06. The highest BCUT2D eigenvalue weighted by Gasteiger charge is 2.11. The summed E-state index contributed by atoms with van der Waals surface area (Å²) in [5, 5.41) is 0. The maximum absolute atomic E-state index is 4.21. The van der Waals surface area contributed by atoms with Crippen molar-refractivity contribution in [2.24, 2.45) is 0 Å². The zero-order valence-electron chi connectivity index (χ0n) is 13.6. The van der Waals surface area contributed by atoms with Gasteiger partial charge in [0.25, 0.3) is 0 Å². The van der Waals surface area contributed by atoms with Crippen LogP contribution in [0.25, 0.3) is 16.7 Å². The van der Waals surface area contributed by atoms with Crippen LogP contribution in [-0.2, 0) is 12.8 Å². The van der Waals surface area contributed by atoms with Crippen molar-refractivity contribution in [3.8, 4) is 11.1 Å². The molecule has 0 aliphatic rings. The lowest BCUT2D eigenvalue weighted by molar-refractivity contribution is 0.792. The van der Waals surface area contributed by atoms with E-state index in [1.165, 1.54) is 46.2 Å². The zero-order chi connectivity index (χ0) is 15.2. The Morgan fingerprint density at radius 2 is 1.62 bits per heavy atom. The Morgan fingerprint density at radius 1 is 0.952 bits per heavy atom. The Labute approximate surface area is 129 Å². The first-order valence-corrected chi connectivity index (χ1v) is 8.04. The molecule has 0 aromatic heterocycles. The zero-order valence-corrected chi connectivity index (χ0v) is 13.6. The topological polar surface area (TPSA) is 0 Å². The highest BCUT2D eigenvalue weighted by atomic mass is 14.2. The largest absolute Gasteiger partial charge is 0.0955 e. The van der Waals surface area contributed by atoms with Gasteiger partial charge in [-0.15, -0.1) is 0 Å². The highest BCUT2D eigenvalue weighted by molar-refractivity contribution is 5.74. The van der Waals surface area contributed by atoms with Crippen molar-refractivity contribution < 1.29 is 0 Å². The molecule has 0 saturated carbocycles. The molecular formula is C21H26. The van der Waals surface area contributed by atoms with E-state index < -0.39 is 0 Å². The van der Waals surface area contributed by atoms with Gasteiger partial charge in [0.2, 0.25) is 0 Å². The molecule has 110 valence electrons. The summed E-state index contributed by atoms with van der Waals surface area (Å²) in [6.45, 7) is 10.8. The average molecular weight is 278 g/mol. The van der Waals surface area contributed by atoms with Crippen molar-refractivity contribution in [2.45, 2.75) is 46.5 Å². The number of hydrogen-bond donors (Lipinski definition) is 0. The van der Waals surface area contributed by atoms with Crippen molar-refractivity contribution in [1.82, 2.24) is 0 Å². The standard InChI is InChI=1S/C21H26/c1-5-7-11-19-15-20(18-12-9-8-10-13-18)14-17(6-2)21(19)16(3)4/h8-10,12-15H,3,5-7,11H2,1-2,4H3. The van der Waals surface area contributed by atoms with Gasteiger partial charge in [-0.3, -0.25) is 0 Å². The van der Waals surface area contributed by atoms with E-state index in [9.17, 15) is 0 Å². The van der Waals surface area contributed by atoms with Gasteiger partial charge in [0.05, 0.1) is 0 Å². The van der Waals surface area contributed by atoms with Crippen molar-refractivity contribution >= 4 is 5.57 Å². The van der Waals surface area contributed by atoms with Gasteiger partial charge in [-0.05, 0) is 54.0 Å². The third-order valence-electron chi connectivity index (χ3n) is 4.02. The molecule has 0 heteroatoms. The van der Waals surface area contributed by atoms with Crippen molar-refractivity contribution in [3.05, 3.63) is 65.7 Å². The Bertz CT molecular complexity index is 605. The van der Waals surface area contributed by atoms with E-state index in [0.717, 1.165) is 12.8 Å². The molecule has 2 rings (SSSR count). The lowest BCUT2D eigenvalue weighted by Crippen LogP contribution is -1.99. The number of rotatable bonds is 6. The molecule has 0 saturated heterocycles. The summed E-state index contributed by atoms with van der Waals surface area (Å²) in [6.07, 6.45) is 4.67. The average Bonchev–Trinajstić information content (AvgIpc) is 2.52. The first-order valence-electron chi connectivity index (χ1n) is 8.04. The molecule has 0 aliphatic carbocycles. The van der Waals surface area contributed by atoms with E-state index in [1.807, 2.05) is 0 Å². The van der Waals surface area contributed by atoms with Crippen molar-refractivity contribution in [3.63, 3.8) is 0 Å². The number of benzene rings is 2. The molecule has 0 bridgehead atoms. The van der Waals surface area contributed by atoms with Crippen LogP contribution in [0.5, 0.6) is 0 Å². The summed E-state index contributed by atoms with van der Waals surface area (Å²) < 4.78 is 0. The Morgan fingerprint density at radius 3 is 2.19 bits per heavy atom. The minimum Gasteiger partial charge on any atom is -0.0955 e. The van der Waals surface area contributed by atoms with E-state index in [0.29, 0.717) is 0 Å². The van der Waals surface area contributed by atoms with E-state index in [2.05, 4.69) is 69.8 Å². The fraction of sp³-hybridized carbons (Fsp3) is 0.333. The number of unbranched alkanes of at least 4 members (excludes halogenated alkanes) is 1. The summed E-state index contributed by atoms with van der Waals surface area (Å²) in [5.74, 6) is 0. The van der Waals surface area contributed by atoms with E-state index in [1.54, 1.807) is 0 Å². The predicted octanol–water partition coefficient (Wildman–Crippen LogP) is 6.29. The van der Waals surface area contributed by atoms with E-state index in [-0.39, 0.29) is 0 Å². The van der Waals surface area contributed by atoms with Gasteiger partial charge >= 0.3 is 0 Å². The molecule has 0 fully saturated rings. The number of allylic oxidation sites excluding steroid dienone is 1. The third kappa shape index (κ3) is 3.64. The summed E-state index contributed by atoms with van der Waals surface area (Å²) in [4.78, 5) is 0. The molecule has 0 unspecified atom stereocenters. The van der Waals surface area contributed by atoms with Gasteiger partial charge < -0.3 is 0 Å². The molecule has 0 amide bonds. The van der Waals surface area contributed by atoms with Gasteiger partial charge in [0.1, 0.15) is 0 Å². The number of hydrogen-bond acceptors (Lipinski definition) is 0. The molecule has 0 heterocycles. The van der Waals surface area contributed by atoms with Crippen LogP contribution >= 0.6 is 0 Å². The first-order chi connectivity index (χ1) is 10.2. The van der Waals surface area contributed by atoms with Crippen LogP contribution in [-0.4, -0.2) is 0 Å². The van der Waals surface area contributed by atoms with Gasteiger partial charge in [0.15, 0.2) is 0 Å². The predicted molar refractivity (Wildman–Crippen MR) is 94.6 cm³/mol. The SMILES string of the molecule is C=C(C)c1c(CC)cc(-c2ccccc2)cc1CCCC. The molecule has 2 aromatic rings. The van der Waals surface area contributed by atoms with Crippen LogP contribution in [0.15, 0.2) is 49.0 Å². The highest BCUT2D eigenvalue weighted by Crippen LogP contribution is 2.30. The van der Waals surface area contributed by atoms with Crippen LogP contribution < -0.4 is 0 Å². The minimum atomic E-state index is 1.06. The van der Waals surface area contributed by atoms with Crippen LogP contribution in [0, 0.1) is 0 Å². The summed E-state index contributed by atoms with van der Waals surface area (Å²) >= 11 is 0. The number of aryl methyl sites for hydroxylation is 2. The molecule has 0 spiro atoms. The van der Waals surface area contributed by atoms with Crippen LogP contribution in [0.1, 0.15) is 50.3 Å². The van der Waals surface area contributed by atoms with Gasteiger partial charge in [-0.2, -0.15) is 0 Å². The van der Waals surface area contributed by atoms with Crippen molar-refractivity contribution in [1.29, 1.82) is 0 Å². The monoisotopic (exact) mass is 278 g/mol. The maximum atomic E-state index is 4.21. The summed E-state index contributed by atoms with van der Waals surface area (Å²) in [5.41, 5.74) is 8.11. The molecule has 0 radical (unpaired) electrons. The molecule has 0 nitrogen and oxygen atoms in total. The summed E-state index contributed by atoms with van der Waals surface area (Å²) in [7, 11) is 0. The van der Waals surface area contributed by atoms with Gasteiger partial charge in [-0.25, -0.2) is 0 Å². The molecule has 21 heavy (non-hydrogen) atoms. The van der Waals surface area contributed by atoms with Gasteiger partial charge in [0, 0.05) is 0 Å². The molecule has 0 aliphatic heterocycles. The Kier molecular flexibility index (Phi) is 5.38. The maximum Gasteiger partial charge on any atom is -0.0169 e. The fourth-order valence-corrected chi connectivity index (χ4v) is 2.96. The quantitative estimate of drug-likeness (QED) is 0.582. The lowest BCUT2D eigenvalue weighted by atomic mass is 9.88. The smallest absolute Gasteiger partial charge is 0.0169 e. The summed E-state index contributed by atoms with van der Waals surface area (Å²) in [6, 6.07) is 15.4. The molecular weight excluding hydrogens is 252 g/mol. The second-order valence-corrected chi connectivity index (χ2v) is 5.77. The van der Waals surface area contributed by atoms with E-state index >= 15 is 0 Å². The molecule has 0 N–H and O–H groups in total. The Balaban J connectivity index is 2.56. The van der Waals surface area contributed by atoms with E-state index in [4.69, 9.17) is 0 Å². The second-order valence-electron chi connectivity index (χ2n) is 5.77. The van der Waals surface area contributed by atoms with Gasteiger partial charge in [-0.1, -0.05) is 74.9 Å². The van der Waals surface area contributed by atoms with Crippen LogP contribution in [0.3, 0.4) is 0 Å². The first kappa shape index (κ1) is 15.6. The second kappa shape index (κ2) is 7.26. The van der Waals surface area contributed by atoms with Crippen molar-refractivity contribution in [2.75, 3.05) is 0 Å². The van der Waals surface area contributed by atoms with Crippen LogP contribution in [0.4, 0.5) is 0 Å². The lowest BCUT2D eigenvalue weighted by Gasteiger charge is -2.17. The fourth-order valence-electron chi connectivity index (χ4n) is 2.96.